The minimum absolute atomic E-state index is 0.0321. The summed E-state index contributed by atoms with van der Waals surface area (Å²) >= 11 is 0. The third-order valence-corrected chi connectivity index (χ3v) is 4.30. The minimum atomic E-state index is -0.557. The summed E-state index contributed by atoms with van der Waals surface area (Å²) < 4.78 is 0. The number of rotatable bonds is 6. The van der Waals surface area contributed by atoms with E-state index in [0.717, 1.165) is 11.4 Å². The number of nitrogens with one attached hydrogen (secondary N) is 1. The van der Waals surface area contributed by atoms with Crippen LogP contribution >= 0.6 is 0 Å². The summed E-state index contributed by atoms with van der Waals surface area (Å²) in [6.07, 6.45) is 0. The van der Waals surface area contributed by atoms with Gasteiger partial charge in [0.15, 0.2) is 0 Å². The minimum Gasteiger partial charge on any atom is -0.339 e. The zero-order chi connectivity index (χ0) is 20.1. The zero-order valence-corrected chi connectivity index (χ0v) is 15.7. The lowest BCUT2D eigenvalue weighted by Gasteiger charge is -2.29. The van der Waals surface area contributed by atoms with Crippen LogP contribution in [0.25, 0.3) is 0 Å². The summed E-state index contributed by atoms with van der Waals surface area (Å²) in [5, 5.41) is 13.8. The number of nitro benzene ring substituents is 1. The SMILES string of the molecule is CC(C)N(c1ccccc1)c1ccc(NC(=O)c2ccccc2[N+](=O)[O-])cc1. The van der Waals surface area contributed by atoms with E-state index in [-0.39, 0.29) is 17.3 Å². The van der Waals surface area contributed by atoms with Crippen LogP contribution in [-0.2, 0) is 0 Å². The quantitative estimate of drug-likeness (QED) is 0.463. The Morgan fingerprint density at radius 1 is 0.893 bits per heavy atom. The maximum absolute atomic E-state index is 12.5. The van der Waals surface area contributed by atoms with Crippen LogP contribution in [0.4, 0.5) is 22.7 Å². The highest BCUT2D eigenvalue weighted by atomic mass is 16.6. The summed E-state index contributed by atoms with van der Waals surface area (Å²) in [4.78, 5) is 25.2. The first-order valence-corrected chi connectivity index (χ1v) is 8.96. The molecule has 6 nitrogen and oxygen atoms in total. The molecule has 6 heteroatoms. The summed E-state index contributed by atoms with van der Waals surface area (Å²) in [5.41, 5.74) is 2.46. The molecule has 0 heterocycles. The van der Waals surface area contributed by atoms with Crippen LogP contribution < -0.4 is 10.2 Å². The van der Waals surface area contributed by atoms with Gasteiger partial charge in [0, 0.05) is 29.2 Å². The maximum atomic E-state index is 12.5. The second-order valence-electron chi connectivity index (χ2n) is 6.57. The number of carbonyl (C=O) groups is 1. The lowest BCUT2D eigenvalue weighted by molar-refractivity contribution is -0.385. The van der Waals surface area contributed by atoms with Crippen molar-refractivity contribution in [1.82, 2.24) is 0 Å². The van der Waals surface area contributed by atoms with Gasteiger partial charge in [0.25, 0.3) is 11.6 Å². The lowest BCUT2D eigenvalue weighted by Crippen LogP contribution is -2.25. The Kier molecular flexibility index (Phi) is 5.69. The number of anilines is 3. The van der Waals surface area contributed by atoms with E-state index in [2.05, 4.69) is 24.1 Å². The Bertz CT molecular complexity index is 970. The first-order chi connectivity index (χ1) is 13.5. The van der Waals surface area contributed by atoms with Gasteiger partial charge in [-0.2, -0.15) is 0 Å². The number of carbonyl (C=O) groups excluding carboxylic acids is 1. The van der Waals surface area contributed by atoms with E-state index in [9.17, 15) is 14.9 Å². The second-order valence-corrected chi connectivity index (χ2v) is 6.57. The summed E-state index contributed by atoms with van der Waals surface area (Å²) in [7, 11) is 0. The van der Waals surface area contributed by atoms with Gasteiger partial charge in [0.2, 0.25) is 0 Å². The van der Waals surface area contributed by atoms with Crippen LogP contribution in [0.5, 0.6) is 0 Å². The highest BCUT2D eigenvalue weighted by Gasteiger charge is 2.19. The van der Waals surface area contributed by atoms with Crippen molar-refractivity contribution in [3.63, 3.8) is 0 Å². The smallest absolute Gasteiger partial charge is 0.282 e. The van der Waals surface area contributed by atoms with Crippen LogP contribution in [0, 0.1) is 10.1 Å². The molecule has 0 fully saturated rings. The van der Waals surface area contributed by atoms with E-state index in [1.165, 1.54) is 18.2 Å². The topological polar surface area (TPSA) is 75.5 Å². The summed E-state index contributed by atoms with van der Waals surface area (Å²) in [6, 6.07) is 23.6. The van der Waals surface area contributed by atoms with E-state index >= 15 is 0 Å². The molecule has 0 aliphatic rings. The van der Waals surface area contributed by atoms with Crippen LogP contribution in [-0.4, -0.2) is 16.9 Å². The molecule has 0 saturated heterocycles. The number of nitrogens with zero attached hydrogens (tertiary/aromatic N) is 2. The van der Waals surface area contributed by atoms with Crippen molar-refractivity contribution in [2.75, 3.05) is 10.2 Å². The van der Waals surface area contributed by atoms with Gasteiger partial charge in [-0.05, 0) is 56.3 Å². The van der Waals surface area contributed by atoms with E-state index < -0.39 is 10.8 Å². The van der Waals surface area contributed by atoms with Crippen LogP contribution in [0.1, 0.15) is 24.2 Å². The van der Waals surface area contributed by atoms with Gasteiger partial charge in [-0.25, -0.2) is 0 Å². The molecule has 0 atom stereocenters. The van der Waals surface area contributed by atoms with Crippen LogP contribution in [0.2, 0.25) is 0 Å². The predicted octanol–water partition coefficient (Wildman–Crippen LogP) is 5.39. The van der Waals surface area contributed by atoms with Crippen molar-refractivity contribution in [1.29, 1.82) is 0 Å². The molecule has 1 amide bonds. The molecule has 3 rings (SSSR count). The van der Waals surface area contributed by atoms with Crippen LogP contribution in [0.3, 0.4) is 0 Å². The molecule has 0 saturated carbocycles. The van der Waals surface area contributed by atoms with Crippen molar-refractivity contribution < 1.29 is 9.72 Å². The first kappa shape index (κ1) is 19.1. The lowest BCUT2D eigenvalue weighted by atomic mass is 10.1. The third-order valence-electron chi connectivity index (χ3n) is 4.30. The number of benzene rings is 3. The fourth-order valence-corrected chi connectivity index (χ4v) is 3.06. The molecule has 0 aliphatic heterocycles. The third kappa shape index (κ3) is 4.17. The molecule has 0 aliphatic carbocycles. The Balaban J connectivity index is 1.81. The molecule has 28 heavy (non-hydrogen) atoms. The van der Waals surface area contributed by atoms with Crippen molar-refractivity contribution >= 4 is 28.7 Å². The van der Waals surface area contributed by atoms with Crippen molar-refractivity contribution in [2.45, 2.75) is 19.9 Å². The molecular weight excluding hydrogens is 354 g/mol. The normalized spacial score (nSPS) is 10.5. The predicted molar refractivity (Wildman–Crippen MR) is 111 cm³/mol. The molecule has 3 aromatic rings. The maximum Gasteiger partial charge on any atom is 0.282 e. The average Bonchev–Trinajstić information content (AvgIpc) is 2.70. The van der Waals surface area contributed by atoms with Crippen LogP contribution in [0.15, 0.2) is 78.9 Å². The Hall–Kier alpha value is -3.67. The van der Waals surface area contributed by atoms with E-state index in [4.69, 9.17) is 0 Å². The molecule has 0 aromatic heterocycles. The van der Waals surface area contributed by atoms with E-state index in [1.54, 1.807) is 18.2 Å². The molecule has 0 bridgehead atoms. The van der Waals surface area contributed by atoms with Gasteiger partial charge in [-0.15, -0.1) is 0 Å². The van der Waals surface area contributed by atoms with Gasteiger partial charge in [0.1, 0.15) is 5.56 Å². The Labute approximate surface area is 163 Å². The fraction of sp³-hybridized carbons (Fsp3) is 0.136. The fourth-order valence-electron chi connectivity index (χ4n) is 3.06. The average molecular weight is 375 g/mol. The molecule has 0 unspecified atom stereocenters. The molecule has 0 radical (unpaired) electrons. The molecular formula is C22H21N3O3. The first-order valence-electron chi connectivity index (χ1n) is 8.96. The van der Waals surface area contributed by atoms with Gasteiger partial charge < -0.3 is 10.2 Å². The number of hydrogen-bond donors (Lipinski definition) is 1. The Morgan fingerprint density at radius 2 is 1.46 bits per heavy atom. The number of hydrogen-bond acceptors (Lipinski definition) is 4. The highest BCUT2D eigenvalue weighted by Crippen LogP contribution is 2.29. The van der Waals surface area contributed by atoms with Crippen molar-refractivity contribution in [2.24, 2.45) is 0 Å². The molecule has 0 spiro atoms. The number of nitro groups is 1. The Morgan fingerprint density at radius 3 is 2.07 bits per heavy atom. The van der Waals surface area contributed by atoms with E-state index in [0.29, 0.717) is 5.69 Å². The number of amides is 1. The van der Waals surface area contributed by atoms with Crippen molar-refractivity contribution in [3.05, 3.63) is 94.5 Å². The molecule has 1 N–H and O–H groups in total. The zero-order valence-electron chi connectivity index (χ0n) is 15.7. The van der Waals surface area contributed by atoms with Gasteiger partial charge in [-0.3, -0.25) is 14.9 Å². The molecule has 3 aromatic carbocycles. The standard InChI is InChI=1S/C22H21N3O3/c1-16(2)24(18-8-4-3-5-9-18)19-14-12-17(13-15-19)23-22(26)20-10-6-7-11-21(20)25(27)28/h3-16H,1-2H3,(H,23,26). The summed E-state index contributed by atoms with van der Waals surface area (Å²) in [6.45, 7) is 4.22. The number of para-hydroxylation sites is 2. The molecule has 142 valence electrons. The van der Waals surface area contributed by atoms with E-state index in [1.807, 2.05) is 42.5 Å². The summed E-state index contributed by atoms with van der Waals surface area (Å²) in [5.74, 6) is -0.510. The van der Waals surface area contributed by atoms with Gasteiger partial charge >= 0.3 is 0 Å². The monoisotopic (exact) mass is 375 g/mol. The van der Waals surface area contributed by atoms with Gasteiger partial charge in [-0.1, -0.05) is 30.3 Å². The second kappa shape index (κ2) is 8.35. The van der Waals surface area contributed by atoms with Gasteiger partial charge in [0.05, 0.1) is 4.92 Å². The highest BCUT2D eigenvalue weighted by molar-refractivity contribution is 6.07. The van der Waals surface area contributed by atoms with Crippen molar-refractivity contribution in [3.8, 4) is 0 Å². The largest absolute Gasteiger partial charge is 0.339 e.